The molecule has 15 rings (SSSR count). The average Bonchev–Trinajstić information content (AvgIpc) is 4.22. The highest BCUT2D eigenvalue weighted by molar-refractivity contribution is 7.00. The van der Waals surface area contributed by atoms with Crippen LogP contribution in [0.5, 0.6) is 0 Å². The molecule has 0 aliphatic carbocycles. The molecule has 82 heavy (non-hydrogen) atoms. The summed E-state index contributed by atoms with van der Waals surface area (Å²) in [4.78, 5) is 0. The largest absolute Gasteiger partial charge is 0.310 e. The fraction of sp³-hybridized carbons (Fsp3) is 0.154. The van der Waals surface area contributed by atoms with Gasteiger partial charge in [-0.1, -0.05) is 248 Å². The standard InChI is InChI=1S/C78H66B2N2/c1-47(2)59-31-21-32-60(48(3)4)75(59)79-67-45-74-68(46-73(67)81-71-37-35-55(51-23-13-9-14-24-51)39-63(71)65-41-57(43-69(79)77(65)81)53-27-17-11-18-28-53)80(76-61(49(5)6)33-22-34-62(76)50(7)8)70-44-58(54-29-19-12-20-30-54)42-66-64-40-56(52-25-15-10-16-26-52)36-38-72(64)82(74)78(66)70/h9-50H,1-8H3. The van der Waals surface area contributed by atoms with E-state index in [1.54, 1.807) is 0 Å². The van der Waals surface area contributed by atoms with E-state index >= 15 is 0 Å². The number of benzene rings is 11. The molecule has 2 nitrogen and oxygen atoms in total. The third-order valence-corrected chi connectivity index (χ3v) is 18.5. The van der Waals surface area contributed by atoms with Gasteiger partial charge in [0, 0.05) is 44.0 Å². The Hall–Kier alpha value is -8.85. The van der Waals surface area contributed by atoms with Gasteiger partial charge in [-0.3, -0.25) is 0 Å². The molecule has 0 atom stereocenters. The first-order chi connectivity index (χ1) is 40.0. The van der Waals surface area contributed by atoms with Crippen LogP contribution in [-0.2, 0) is 0 Å². The lowest BCUT2D eigenvalue weighted by Gasteiger charge is -2.36. The van der Waals surface area contributed by atoms with Gasteiger partial charge in [0.25, 0.3) is 0 Å². The highest BCUT2D eigenvalue weighted by atomic mass is 15.0. The van der Waals surface area contributed by atoms with Gasteiger partial charge in [-0.05, 0) is 161 Å². The summed E-state index contributed by atoms with van der Waals surface area (Å²) in [5, 5.41) is 5.13. The van der Waals surface area contributed by atoms with Gasteiger partial charge < -0.3 is 9.13 Å². The quantitative estimate of drug-likeness (QED) is 0.121. The van der Waals surface area contributed by atoms with E-state index in [1.165, 1.54) is 155 Å². The van der Waals surface area contributed by atoms with Crippen LogP contribution in [0.25, 0.3) is 99.5 Å². The summed E-state index contributed by atoms with van der Waals surface area (Å²) >= 11 is 0. The Balaban J connectivity index is 1.15. The minimum atomic E-state index is -0.0793. The molecular weight excluding hydrogens is 986 g/mol. The first-order valence-electron chi connectivity index (χ1n) is 29.9. The Morgan fingerprint density at radius 2 is 0.561 bits per heavy atom. The second-order valence-corrected chi connectivity index (χ2v) is 24.7. The Labute approximate surface area is 483 Å². The van der Waals surface area contributed by atoms with Gasteiger partial charge in [0.2, 0.25) is 13.4 Å². The van der Waals surface area contributed by atoms with Gasteiger partial charge in [-0.2, -0.15) is 0 Å². The van der Waals surface area contributed by atoms with Crippen LogP contribution in [0.1, 0.15) is 101 Å². The van der Waals surface area contributed by atoms with Crippen molar-refractivity contribution in [2.24, 2.45) is 0 Å². The molecule has 0 spiro atoms. The molecule has 13 aromatic rings. The lowest BCUT2D eigenvalue weighted by Crippen LogP contribution is -2.61. The molecule has 11 aromatic carbocycles. The third kappa shape index (κ3) is 7.71. The highest BCUT2D eigenvalue weighted by Crippen LogP contribution is 2.42. The highest BCUT2D eigenvalue weighted by Gasteiger charge is 2.43. The minimum Gasteiger partial charge on any atom is -0.310 e. The van der Waals surface area contributed by atoms with Crippen LogP contribution in [0.4, 0.5) is 0 Å². The van der Waals surface area contributed by atoms with Crippen LogP contribution < -0.4 is 32.8 Å². The third-order valence-electron chi connectivity index (χ3n) is 18.5. The zero-order valence-corrected chi connectivity index (χ0v) is 48.3. The fourth-order valence-electron chi connectivity index (χ4n) is 14.8. The van der Waals surface area contributed by atoms with Crippen molar-refractivity contribution in [3.63, 3.8) is 0 Å². The first kappa shape index (κ1) is 50.1. The minimum absolute atomic E-state index is 0.0793. The predicted octanol–water partition coefficient (Wildman–Crippen LogP) is 16.7. The number of hydrogen-bond acceptors (Lipinski definition) is 0. The van der Waals surface area contributed by atoms with Gasteiger partial charge in [-0.25, -0.2) is 0 Å². The normalized spacial score (nSPS) is 12.8. The molecule has 0 amide bonds. The second kappa shape index (κ2) is 19.4. The van der Waals surface area contributed by atoms with E-state index in [1.807, 2.05) is 0 Å². The smallest absolute Gasteiger partial charge is 0.247 e. The zero-order chi connectivity index (χ0) is 55.7. The number of nitrogens with zero attached hydrogens (tertiary/aromatic N) is 2. The number of fused-ring (bicyclic) bond motifs is 10. The summed E-state index contributed by atoms with van der Waals surface area (Å²) < 4.78 is 5.39. The van der Waals surface area contributed by atoms with Crippen molar-refractivity contribution in [3.05, 3.63) is 253 Å². The van der Waals surface area contributed by atoms with Gasteiger partial charge in [0.05, 0.1) is 11.0 Å². The molecule has 2 aromatic heterocycles. The molecule has 0 bridgehead atoms. The summed E-state index contributed by atoms with van der Waals surface area (Å²) in [6.07, 6.45) is 0. The number of aromatic nitrogens is 2. The summed E-state index contributed by atoms with van der Waals surface area (Å²) in [6.45, 7) is 19.0. The predicted molar refractivity (Wildman–Crippen MR) is 355 cm³/mol. The van der Waals surface area contributed by atoms with Crippen molar-refractivity contribution in [2.75, 3.05) is 0 Å². The van der Waals surface area contributed by atoms with Gasteiger partial charge in [0.1, 0.15) is 0 Å². The molecule has 4 heterocycles. The Bertz CT molecular complexity index is 4330. The average molecular weight is 1050 g/mol. The molecule has 0 fully saturated rings. The monoisotopic (exact) mass is 1050 g/mol. The van der Waals surface area contributed by atoms with Gasteiger partial charge in [0.15, 0.2) is 0 Å². The zero-order valence-electron chi connectivity index (χ0n) is 48.3. The van der Waals surface area contributed by atoms with Crippen LogP contribution in [0.2, 0.25) is 0 Å². The topological polar surface area (TPSA) is 9.86 Å². The van der Waals surface area contributed by atoms with E-state index in [0.717, 1.165) is 0 Å². The molecule has 0 saturated heterocycles. The maximum atomic E-state index is 2.70. The van der Waals surface area contributed by atoms with Gasteiger partial charge in [-0.15, -0.1) is 0 Å². The lowest BCUT2D eigenvalue weighted by atomic mass is 9.31. The Kier molecular flexibility index (Phi) is 11.9. The lowest BCUT2D eigenvalue weighted by molar-refractivity contribution is 0.845. The van der Waals surface area contributed by atoms with Crippen molar-refractivity contribution in [3.8, 4) is 55.9 Å². The number of hydrogen-bond donors (Lipinski definition) is 0. The Morgan fingerprint density at radius 1 is 0.256 bits per heavy atom. The van der Waals surface area contributed by atoms with Gasteiger partial charge >= 0.3 is 0 Å². The van der Waals surface area contributed by atoms with Crippen LogP contribution in [0.3, 0.4) is 0 Å². The van der Waals surface area contributed by atoms with Crippen molar-refractivity contribution >= 4 is 89.8 Å². The molecule has 4 heteroatoms. The van der Waals surface area contributed by atoms with Crippen LogP contribution in [-0.4, -0.2) is 22.6 Å². The summed E-state index contributed by atoms with van der Waals surface area (Å²) in [7, 11) is 0. The van der Waals surface area contributed by atoms with E-state index in [4.69, 9.17) is 0 Å². The first-order valence-corrected chi connectivity index (χ1v) is 29.9. The molecule has 2 aliphatic heterocycles. The fourth-order valence-corrected chi connectivity index (χ4v) is 14.8. The SMILES string of the molecule is CC(C)c1cccc(C(C)C)c1B1c2cc3c(cc2-n2c4ccc(-c5ccccc5)cc4c4cc(-c5ccccc5)cc1c42)B(c1c(C(C)C)cccc1C(C)C)c1cc(-c2ccccc2)cc2c4cc(-c5ccccc5)ccc4n-3c12. The van der Waals surface area contributed by atoms with E-state index in [-0.39, 0.29) is 13.4 Å². The van der Waals surface area contributed by atoms with Crippen molar-refractivity contribution in [1.82, 2.24) is 9.13 Å². The maximum absolute atomic E-state index is 2.70. The molecular formula is C78H66B2N2. The molecule has 0 N–H and O–H groups in total. The van der Waals surface area contributed by atoms with E-state index in [2.05, 4.69) is 295 Å². The van der Waals surface area contributed by atoms with E-state index in [9.17, 15) is 0 Å². The maximum Gasteiger partial charge on any atom is 0.247 e. The van der Waals surface area contributed by atoms with Crippen molar-refractivity contribution in [1.29, 1.82) is 0 Å². The van der Waals surface area contributed by atoms with Crippen LogP contribution in [0.15, 0.2) is 231 Å². The summed E-state index contributed by atoms with van der Waals surface area (Å²) in [5.74, 6) is 1.20. The molecule has 0 unspecified atom stereocenters. The second-order valence-electron chi connectivity index (χ2n) is 24.7. The number of rotatable bonds is 10. The molecule has 0 saturated carbocycles. The summed E-state index contributed by atoms with van der Waals surface area (Å²) in [6, 6.07) is 88.5. The molecule has 394 valence electrons. The van der Waals surface area contributed by atoms with E-state index in [0.29, 0.717) is 23.7 Å². The van der Waals surface area contributed by atoms with E-state index < -0.39 is 0 Å². The molecule has 2 aliphatic rings. The summed E-state index contributed by atoms with van der Waals surface area (Å²) in [5.41, 5.74) is 31.4. The Morgan fingerprint density at radius 3 is 0.878 bits per heavy atom. The van der Waals surface area contributed by atoms with Crippen LogP contribution >= 0.6 is 0 Å². The van der Waals surface area contributed by atoms with Crippen molar-refractivity contribution < 1.29 is 0 Å². The van der Waals surface area contributed by atoms with Crippen LogP contribution in [0, 0.1) is 0 Å². The molecule has 0 radical (unpaired) electrons. The van der Waals surface area contributed by atoms with Crippen molar-refractivity contribution in [2.45, 2.75) is 79.1 Å².